The van der Waals surface area contributed by atoms with Crippen molar-refractivity contribution in [3.8, 4) is 5.75 Å². The van der Waals surface area contributed by atoms with Crippen LogP contribution in [0.15, 0.2) is 52.9 Å². The van der Waals surface area contributed by atoms with Crippen molar-refractivity contribution in [2.75, 3.05) is 30.3 Å². The first-order valence-electron chi connectivity index (χ1n) is 14.2. The second-order valence-corrected chi connectivity index (χ2v) is 13.7. The summed E-state index contributed by atoms with van der Waals surface area (Å²) in [6.45, 7) is 4.08. The number of rotatable bonds is 0. The van der Waals surface area contributed by atoms with E-state index in [1.165, 1.54) is 11.1 Å². The fourth-order valence-corrected chi connectivity index (χ4v) is 8.21. The van der Waals surface area contributed by atoms with Crippen molar-refractivity contribution in [2.24, 2.45) is 22.1 Å². The van der Waals surface area contributed by atoms with E-state index >= 15 is 0 Å². The number of aliphatic hydroxyl groups is 1. The highest BCUT2D eigenvalue weighted by Crippen LogP contribution is 2.46. The van der Waals surface area contributed by atoms with Crippen molar-refractivity contribution in [3.05, 3.63) is 70.3 Å². The van der Waals surface area contributed by atoms with Gasteiger partial charge in [-0.2, -0.15) is 4.36 Å². The number of allylic oxidation sites excluding steroid dienone is 1. The summed E-state index contributed by atoms with van der Waals surface area (Å²) in [6.07, 6.45) is 9.25. The number of carbonyl (C=O) groups excluding carboxylic acids is 1. The first-order valence-corrected chi connectivity index (χ1v) is 15.9. The molecule has 0 aromatic heterocycles. The number of nitrogens with zero attached hydrogens (tertiary/aromatic N) is 2. The van der Waals surface area contributed by atoms with Crippen LogP contribution in [0.1, 0.15) is 60.5 Å². The van der Waals surface area contributed by atoms with E-state index in [4.69, 9.17) is 16.3 Å². The highest BCUT2D eigenvalue weighted by Gasteiger charge is 2.44. The summed E-state index contributed by atoms with van der Waals surface area (Å²) in [6, 6.07) is 11.7. The smallest absolute Gasteiger partial charge is 0.284 e. The maximum atomic E-state index is 13.1. The molecular formula is C31H37ClN2O4S. The lowest BCUT2D eigenvalue weighted by Gasteiger charge is -2.45. The second kappa shape index (κ2) is 10.9. The Hall–Kier alpha value is -2.35. The zero-order valence-corrected chi connectivity index (χ0v) is 24.0. The van der Waals surface area contributed by atoms with Gasteiger partial charge in [0.05, 0.1) is 18.4 Å². The average Bonchev–Trinajstić information content (AvgIpc) is 3.03. The van der Waals surface area contributed by atoms with E-state index < -0.39 is 22.6 Å². The summed E-state index contributed by atoms with van der Waals surface area (Å²) in [5.74, 6) is 1.30. The number of hydrogen-bond acceptors (Lipinski definition) is 5. The summed E-state index contributed by atoms with van der Waals surface area (Å²) in [5, 5.41) is 11.8. The van der Waals surface area contributed by atoms with Gasteiger partial charge < -0.3 is 14.7 Å². The maximum Gasteiger partial charge on any atom is 0.284 e. The van der Waals surface area contributed by atoms with E-state index in [1.807, 2.05) is 37.3 Å². The van der Waals surface area contributed by atoms with Crippen LogP contribution in [0.3, 0.4) is 0 Å². The lowest BCUT2D eigenvalue weighted by atomic mass is 9.68. The van der Waals surface area contributed by atoms with E-state index in [2.05, 4.69) is 21.4 Å². The van der Waals surface area contributed by atoms with Crippen LogP contribution in [0.25, 0.3) is 0 Å². The number of carbonyl (C=O) groups is 1. The number of ether oxygens (including phenoxy) is 1. The SMILES string of the molecule is C[C@H]1C/C=C/[C@H](O)[C@@H]2CC[C@H]2CN2C[C@@]3(CCCc4cc(Cl)ccc43)COc3ccc(cc32)C(=O)/N=[SH](=O)\C1. The molecule has 4 aliphatic rings. The zero-order chi connectivity index (χ0) is 27.1. The number of thiol groups is 1. The molecule has 6 atom stereocenters. The molecule has 1 amide bonds. The van der Waals surface area contributed by atoms with Crippen molar-refractivity contribution in [3.63, 3.8) is 0 Å². The molecule has 8 heteroatoms. The standard InChI is InChI=1S/C31H37ClN2O4S/c1-20-4-2-6-28(35)25-10-7-23(25)16-34-18-31(13-3-5-21-14-24(32)9-11-26(21)31)19-38-29-12-8-22(15-27(29)34)30(36)33-39(37)17-20/h2,6,8-9,11-12,14-15,20,23,25,28,35,39H,3-5,7,10,13,16-19H2,1H3/b6-2+/t20-,23-,25+,28-,31-/m0/s1. The monoisotopic (exact) mass is 568 g/mol. The van der Waals surface area contributed by atoms with Crippen LogP contribution < -0.4 is 9.64 Å². The predicted molar refractivity (Wildman–Crippen MR) is 157 cm³/mol. The minimum atomic E-state index is -2.01. The maximum absolute atomic E-state index is 13.1. The van der Waals surface area contributed by atoms with Crippen LogP contribution in [0.5, 0.6) is 5.75 Å². The second-order valence-electron chi connectivity index (χ2n) is 12.0. The first-order chi connectivity index (χ1) is 18.8. The van der Waals surface area contributed by atoms with Gasteiger partial charge >= 0.3 is 0 Å². The molecule has 2 aliphatic heterocycles. The van der Waals surface area contributed by atoms with Gasteiger partial charge in [-0.15, -0.1) is 0 Å². The highest BCUT2D eigenvalue weighted by molar-refractivity contribution is 7.75. The topological polar surface area (TPSA) is 79.2 Å². The minimum absolute atomic E-state index is 0.110. The number of fused-ring (bicyclic) bond motifs is 4. The van der Waals surface area contributed by atoms with Crippen molar-refractivity contribution < 1.29 is 18.8 Å². The molecule has 2 aliphatic carbocycles. The summed E-state index contributed by atoms with van der Waals surface area (Å²) >= 11 is 6.38. The molecule has 6 nitrogen and oxygen atoms in total. The lowest BCUT2D eigenvalue weighted by Crippen LogP contribution is -2.49. The van der Waals surface area contributed by atoms with Gasteiger partial charge in [0.25, 0.3) is 5.91 Å². The Balaban J connectivity index is 1.43. The number of anilines is 1. The fraction of sp³-hybridized carbons (Fsp3) is 0.516. The van der Waals surface area contributed by atoms with Crippen molar-refractivity contribution in [1.82, 2.24) is 0 Å². The van der Waals surface area contributed by atoms with E-state index in [-0.39, 0.29) is 17.3 Å². The van der Waals surface area contributed by atoms with Crippen molar-refractivity contribution in [1.29, 1.82) is 0 Å². The normalized spacial score (nSPS) is 34.0. The van der Waals surface area contributed by atoms with E-state index in [0.717, 1.165) is 61.7 Å². The van der Waals surface area contributed by atoms with Crippen LogP contribution in [-0.4, -0.2) is 46.8 Å². The summed E-state index contributed by atoms with van der Waals surface area (Å²) in [7, 11) is -2.01. The molecule has 6 rings (SSSR count). The molecule has 1 saturated carbocycles. The van der Waals surface area contributed by atoms with Gasteiger partial charge in [-0.1, -0.05) is 36.7 Å². The number of amides is 1. The van der Waals surface area contributed by atoms with E-state index in [1.54, 1.807) is 6.07 Å². The third-order valence-corrected chi connectivity index (χ3v) is 10.8. The quantitative estimate of drug-likeness (QED) is 0.319. The number of halogens is 1. The fourth-order valence-electron chi connectivity index (χ4n) is 6.94. The highest BCUT2D eigenvalue weighted by atomic mass is 35.5. The van der Waals surface area contributed by atoms with Crippen molar-refractivity contribution in [2.45, 2.75) is 57.0 Å². The Kier molecular flexibility index (Phi) is 7.51. The van der Waals surface area contributed by atoms with Gasteiger partial charge in [-0.3, -0.25) is 9.00 Å². The van der Waals surface area contributed by atoms with Crippen LogP contribution in [0.2, 0.25) is 5.02 Å². The molecule has 208 valence electrons. The molecule has 1 fully saturated rings. The molecule has 2 bridgehead atoms. The van der Waals surface area contributed by atoms with Gasteiger partial charge in [0.15, 0.2) is 0 Å². The Morgan fingerprint density at radius 3 is 2.90 bits per heavy atom. The number of hydrogen-bond donors (Lipinski definition) is 2. The lowest BCUT2D eigenvalue weighted by molar-refractivity contribution is 0.0456. The molecule has 1 spiro atoms. The summed E-state index contributed by atoms with van der Waals surface area (Å²) in [5.41, 5.74) is 3.68. The molecule has 2 heterocycles. The largest absolute Gasteiger partial charge is 0.490 e. The van der Waals surface area contributed by atoms with Crippen molar-refractivity contribution >= 4 is 33.8 Å². The minimum Gasteiger partial charge on any atom is -0.490 e. The molecule has 1 N–H and O–H groups in total. The van der Waals surface area contributed by atoms with Crippen LogP contribution >= 0.6 is 11.6 Å². The number of aryl methyl sites for hydroxylation is 1. The Labute approximate surface area is 237 Å². The Bertz CT molecular complexity index is 1390. The van der Waals surface area contributed by atoms with Gasteiger partial charge in [-0.25, -0.2) is 0 Å². The van der Waals surface area contributed by atoms with Gasteiger partial charge in [0.2, 0.25) is 0 Å². The Morgan fingerprint density at radius 2 is 2.08 bits per heavy atom. The summed E-state index contributed by atoms with van der Waals surface area (Å²) in [4.78, 5) is 15.5. The summed E-state index contributed by atoms with van der Waals surface area (Å²) < 4.78 is 23.3. The molecule has 39 heavy (non-hydrogen) atoms. The molecule has 1 unspecified atom stereocenters. The number of aliphatic hydroxyl groups excluding tert-OH is 1. The average molecular weight is 569 g/mol. The molecule has 0 saturated heterocycles. The predicted octanol–water partition coefficient (Wildman–Crippen LogP) is 5.60. The van der Waals surface area contributed by atoms with Crippen LogP contribution in [0, 0.1) is 17.8 Å². The van der Waals surface area contributed by atoms with Crippen LogP contribution in [-0.2, 0) is 22.4 Å². The molecular weight excluding hydrogens is 532 g/mol. The first kappa shape index (κ1) is 26.9. The molecule has 2 aromatic rings. The molecule has 0 radical (unpaired) electrons. The van der Waals surface area contributed by atoms with Gasteiger partial charge in [-0.05, 0) is 97.7 Å². The third-order valence-electron chi connectivity index (χ3n) is 9.20. The zero-order valence-electron chi connectivity index (χ0n) is 22.4. The van der Waals surface area contributed by atoms with Gasteiger partial charge in [0.1, 0.15) is 5.75 Å². The van der Waals surface area contributed by atoms with E-state index in [9.17, 15) is 14.1 Å². The van der Waals surface area contributed by atoms with Crippen LogP contribution in [0.4, 0.5) is 5.69 Å². The molecule has 2 aromatic carbocycles. The third kappa shape index (κ3) is 5.38. The van der Waals surface area contributed by atoms with E-state index in [0.29, 0.717) is 30.3 Å². The van der Waals surface area contributed by atoms with Gasteiger partial charge in [0, 0.05) is 45.4 Å². The number of benzene rings is 2. The Morgan fingerprint density at radius 1 is 1.21 bits per heavy atom.